The van der Waals surface area contributed by atoms with E-state index in [1.54, 1.807) is 0 Å². The molecule has 1 heterocycles. The van der Waals surface area contributed by atoms with Crippen molar-refractivity contribution in [2.24, 2.45) is 4.99 Å². The molecule has 0 atom stereocenters. The van der Waals surface area contributed by atoms with Crippen LogP contribution in [0.25, 0.3) is 0 Å². The molecule has 14 heavy (non-hydrogen) atoms. The molecule has 0 aliphatic carbocycles. The van der Waals surface area contributed by atoms with Crippen molar-refractivity contribution in [3.8, 4) is 0 Å². The molecule has 1 aliphatic heterocycles. The van der Waals surface area contributed by atoms with Crippen molar-refractivity contribution in [3.05, 3.63) is 35.4 Å². The van der Waals surface area contributed by atoms with E-state index >= 15 is 0 Å². The maximum Gasteiger partial charge on any atom is 0.216 e. The topological polar surface area (TPSA) is 21.6 Å². The highest BCUT2D eigenvalue weighted by molar-refractivity contribution is 5.95. The molecule has 74 valence electrons. The van der Waals surface area contributed by atoms with Crippen LogP contribution in [0.2, 0.25) is 0 Å². The Balaban J connectivity index is 2.21. The standard InChI is InChI=1S/C12H15NO/c1-2-4-10-5-3-6-11(9-10)12-13-7-8-14-12/h3,5-6,9H,2,4,7-8H2,1H3. The van der Waals surface area contributed by atoms with Crippen LogP contribution in [0.3, 0.4) is 0 Å². The fraction of sp³-hybridized carbons (Fsp3) is 0.417. The molecule has 0 fully saturated rings. The van der Waals surface area contributed by atoms with E-state index in [4.69, 9.17) is 4.74 Å². The lowest BCUT2D eigenvalue weighted by molar-refractivity contribution is 0.348. The Morgan fingerprint density at radius 3 is 3.07 bits per heavy atom. The van der Waals surface area contributed by atoms with E-state index in [9.17, 15) is 0 Å². The molecule has 0 saturated carbocycles. The third kappa shape index (κ3) is 1.95. The second-order valence-electron chi connectivity index (χ2n) is 3.49. The summed E-state index contributed by atoms with van der Waals surface area (Å²) in [4.78, 5) is 4.30. The second-order valence-corrected chi connectivity index (χ2v) is 3.49. The highest BCUT2D eigenvalue weighted by Crippen LogP contribution is 2.11. The quantitative estimate of drug-likeness (QED) is 0.715. The van der Waals surface area contributed by atoms with Gasteiger partial charge in [0.2, 0.25) is 5.90 Å². The van der Waals surface area contributed by atoms with Gasteiger partial charge in [0.1, 0.15) is 6.61 Å². The first-order valence-corrected chi connectivity index (χ1v) is 5.16. The Morgan fingerprint density at radius 2 is 2.36 bits per heavy atom. The fourth-order valence-corrected chi connectivity index (χ4v) is 1.66. The van der Waals surface area contributed by atoms with Gasteiger partial charge in [0, 0.05) is 5.56 Å². The molecule has 0 saturated heterocycles. The zero-order chi connectivity index (χ0) is 9.80. The molecule has 0 aromatic heterocycles. The number of hydrogen-bond acceptors (Lipinski definition) is 2. The number of benzene rings is 1. The van der Waals surface area contributed by atoms with Crippen LogP contribution in [0.4, 0.5) is 0 Å². The molecule has 0 N–H and O–H groups in total. The van der Waals surface area contributed by atoms with E-state index in [-0.39, 0.29) is 0 Å². The fourth-order valence-electron chi connectivity index (χ4n) is 1.66. The highest BCUT2D eigenvalue weighted by atomic mass is 16.5. The monoisotopic (exact) mass is 189 g/mol. The van der Waals surface area contributed by atoms with Gasteiger partial charge in [-0.2, -0.15) is 0 Å². The van der Waals surface area contributed by atoms with Crippen molar-refractivity contribution in [2.75, 3.05) is 13.2 Å². The van der Waals surface area contributed by atoms with Gasteiger partial charge in [-0.25, -0.2) is 4.99 Å². The van der Waals surface area contributed by atoms with Gasteiger partial charge in [-0.3, -0.25) is 0 Å². The van der Waals surface area contributed by atoms with Crippen LogP contribution in [-0.2, 0) is 11.2 Å². The molecular formula is C12H15NO. The summed E-state index contributed by atoms with van der Waals surface area (Å²) in [5, 5.41) is 0. The van der Waals surface area contributed by atoms with Crippen LogP contribution in [0.1, 0.15) is 24.5 Å². The van der Waals surface area contributed by atoms with E-state index < -0.39 is 0 Å². The minimum absolute atomic E-state index is 0.730. The van der Waals surface area contributed by atoms with Gasteiger partial charge in [-0.15, -0.1) is 0 Å². The van der Waals surface area contributed by atoms with Crippen molar-refractivity contribution in [2.45, 2.75) is 19.8 Å². The smallest absolute Gasteiger partial charge is 0.216 e. The number of aliphatic imine (C=N–C) groups is 1. The van der Waals surface area contributed by atoms with Crippen molar-refractivity contribution in [3.63, 3.8) is 0 Å². The second kappa shape index (κ2) is 4.27. The molecule has 2 heteroatoms. The molecule has 1 aliphatic rings. The van der Waals surface area contributed by atoms with E-state index in [1.165, 1.54) is 12.0 Å². The van der Waals surface area contributed by atoms with Crippen LogP contribution >= 0.6 is 0 Å². The van der Waals surface area contributed by atoms with Crippen LogP contribution in [0.15, 0.2) is 29.3 Å². The van der Waals surface area contributed by atoms with Crippen LogP contribution < -0.4 is 0 Å². The lowest BCUT2D eigenvalue weighted by Gasteiger charge is -2.04. The predicted octanol–water partition coefficient (Wildman–Crippen LogP) is 2.42. The third-order valence-corrected chi connectivity index (χ3v) is 2.30. The van der Waals surface area contributed by atoms with Crippen LogP contribution in [0, 0.1) is 0 Å². The summed E-state index contributed by atoms with van der Waals surface area (Å²) in [7, 11) is 0. The molecule has 2 rings (SSSR count). The first kappa shape index (κ1) is 9.25. The molecule has 0 bridgehead atoms. The molecule has 1 aromatic rings. The Hall–Kier alpha value is -1.31. The molecule has 0 amide bonds. The average molecular weight is 189 g/mol. The Morgan fingerprint density at radius 1 is 1.43 bits per heavy atom. The van der Waals surface area contributed by atoms with Gasteiger partial charge in [0.05, 0.1) is 6.54 Å². The van der Waals surface area contributed by atoms with E-state index in [0.717, 1.165) is 31.0 Å². The van der Waals surface area contributed by atoms with Crippen molar-refractivity contribution >= 4 is 5.90 Å². The first-order chi connectivity index (χ1) is 6.90. The molecule has 1 aromatic carbocycles. The number of rotatable bonds is 3. The Bertz CT molecular complexity index is 344. The molecule has 0 radical (unpaired) electrons. The van der Waals surface area contributed by atoms with Gasteiger partial charge in [0.25, 0.3) is 0 Å². The minimum Gasteiger partial charge on any atom is -0.476 e. The van der Waals surface area contributed by atoms with Crippen LogP contribution in [-0.4, -0.2) is 19.0 Å². The van der Waals surface area contributed by atoms with Crippen molar-refractivity contribution < 1.29 is 4.74 Å². The molecule has 2 nitrogen and oxygen atoms in total. The van der Waals surface area contributed by atoms with Crippen molar-refractivity contribution in [1.29, 1.82) is 0 Å². The molecule has 0 spiro atoms. The van der Waals surface area contributed by atoms with Gasteiger partial charge in [-0.05, 0) is 24.1 Å². The van der Waals surface area contributed by atoms with Gasteiger partial charge in [0.15, 0.2) is 0 Å². The van der Waals surface area contributed by atoms with Crippen LogP contribution in [0.5, 0.6) is 0 Å². The summed E-state index contributed by atoms with van der Waals surface area (Å²) in [6, 6.07) is 8.46. The summed E-state index contributed by atoms with van der Waals surface area (Å²) in [6.45, 7) is 3.72. The average Bonchev–Trinajstić information content (AvgIpc) is 2.71. The third-order valence-electron chi connectivity index (χ3n) is 2.30. The molecule has 0 unspecified atom stereocenters. The minimum atomic E-state index is 0.730. The summed E-state index contributed by atoms with van der Waals surface area (Å²) in [6.07, 6.45) is 2.30. The maximum atomic E-state index is 5.42. The molecular weight excluding hydrogens is 174 g/mol. The van der Waals surface area contributed by atoms with E-state index in [1.807, 2.05) is 0 Å². The Kier molecular flexibility index (Phi) is 2.82. The number of hydrogen-bond donors (Lipinski definition) is 0. The van der Waals surface area contributed by atoms with Gasteiger partial charge >= 0.3 is 0 Å². The zero-order valence-electron chi connectivity index (χ0n) is 8.49. The summed E-state index contributed by atoms with van der Waals surface area (Å²) >= 11 is 0. The van der Waals surface area contributed by atoms with Gasteiger partial charge in [-0.1, -0.05) is 25.5 Å². The maximum absolute atomic E-state index is 5.42. The number of ether oxygens (including phenoxy) is 1. The van der Waals surface area contributed by atoms with Gasteiger partial charge < -0.3 is 4.74 Å². The zero-order valence-corrected chi connectivity index (χ0v) is 8.49. The number of aryl methyl sites for hydroxylation is 1. The lowest BCUT2D eigenvalue weighted by atomic mass is 10.1. The Labute approximate surface area is 84.6 Å². The highest BCUT2D eigenvalue weighted by Gasteiger charge is 2.09. The van der Waals surface area contributed by atoms with E-state index in [2.05, 4.69) is 36.2 Å². The van der Waals surface area contributed by atoms with Crippen molar-refractivity contribution in [1.82, 2.24) is 0 Å². The number of nitrogens with zero attached hydrogens (tertiary/aromatic N) is 1. The summed E-state index contributed by atoms with van der Waals surface area (Å²) in [5.41, 5.74) is 2.48. The summed E-state index contributed by atoms with van der Waals surface area (Å²) in [5.74, 6) is 0.808. The summed E-state index contributed by atoms with van der Waals surface area (Å²) < 4.78 is 5.42. The lowest BCUT2D eigenvalue weighted by Crippen LogP contribution is -2.01. The predicted molar refractivity (Wildman–Crippen MR) is 57.8 cm³/mol. The van der Waals surface area contributed by atoms with E-state index in [0.29, 0.717) is 0 Å². The SMILES string of the molecule is CCCc1cccc(C2=NCCO2)c1. The largest absolute Gasteiger partial charge is 0.476 e. The first-order valence-electron chi connectivity index (χ1n) is 5.16. The normalized spacial score (nSPS) is 15.1.